The smallest absolute Gasteiger partial charge is 0.145 e. The quantitative estimate of drug-likeness (QED) is 0.756. The summed E-state index contributed by atoms with van der Waals surface area (Å²) in [5.41, 5.74) is 7.91. The Morgan fingerprint density at radius 3 is 2.41 bits per heavy atom. The summed E-state index contributed by atoms with van der Waals surface area (Å²) >= 11 is 0. The molecule has 0 fully saturated rings. The van der Waals surface area contributed by atoms with Crippen molar-refractivity contribution in [2.45, 2.75) is 25.9 Å². The number of nitrogen functional groups attached to an aromatic ring is 1. The molecule has 0 atom stereocenters. The summed E-state index contributed by atoms with van der Waals surface area (Å²) in [5, 5.41) is 16.5. The van der Waals surface area contributed by atoms with Gasteiger partial charge >= 0.3 is 0 Å². The fraction of sp³-hybridized carbons (Fsp3) is 0.308. The van der Waals surface area contributed by atoms with E-state index in [-0.39, 0.29) is 0 Å². The first-order valence-electron chi connectivity index (χ1n) is 5.57. The van der Waals surface area contributed by atoms with Gasteiger partial charge in [0.2, 0.25) is 0 Å². The number of H-pyrrole nitrogens is 1. The van der Waals surface area contributed by atoms with Gasteiger partial charge in [0.25, 0.3) is 0 Å². The molecular weight excluding hydrogens is 214 g/mol. The normalized spacial score (nSPS) is 11.7. The third-order valence-corrected chi connectivity index (χ3v) is 2.50. The molecule has 0 spiro atoms. The Bertz CT molecular complexity index is 494. The van der Waals surface area contributed by atoms with Gasteiger partial charge < -0.3 is 10.8 Å². The van der Waals surface area contributed by atoms with Crippen LogP contribution in [0.5, 0.6) is 0 Å². The number of nitrogens with one attached hydrogen (secondary N) is 1. The highest BCUT2D eigenvalue weighted by Gasteiger charge is 2.13. The number of hydrogen-bond donors (Lipinski definition) is 3. The topological polar surface area (TPSA) is 74.9 Å². The third-order valence-electron chi connectivity index (χ3n) is 2.50. The SMILES string of the molecule is CC(C)(O)Cc1ccc(-c2cc(N)n[nH]2)cc1. The van der Waals surface area contributed by atoms with E-state index < -0.39 is 5.60 Å². The zero-order valence-electron chi connectivity index (χ0n) is 10.1. The monoisotopic (exact) mass is 231 g/mol. The summed E-state index contributed by atoms with van der Waals surface area (Å²) in [6.45, 7) is 3.60. The van der Waals surface area contributed by atoms with Gasteiger partial charge in [-0.05, 0) is 25.0 Å². The number of nitrogens with two attached hydrogens (primary N) is 1. The Morgan fingerprint density at radius 1 is 1.29 bits per heavy atom. The van der Waals surface area contributed by atoms with E-state index >= 15 is 0 Å². The summed E-state index contributed by atoms with van der Waals surface area (Å²) in [5.74, 6) is 0.487. The van der Waals surface area contributed by atoms with Crippen molar-refractivity contribution >= 4 is 5.82 Å². The van der Waals surface area contributed by atoms with Crippen LogP contribution in [0.15, 0.2) is 30.3 Å². The van der Waals surface area contributed by atoms with Crippen LogP contribution in [0, 0.1) is 0 Å². The lowest BCUT2D eigenvalue weighted by Crippen LogP contribution is -2.21. The molecule has 1 aromatic carbocycles. The van der Waals surface area contributed by atoms with Crippen LogP contribution in [0.25, 0.3) is 11.3 Å². The molecule has 0 amide bonds. The van der Waals surface area contributed by atoms with Gasteiger partial charge in [-0.3, -0.25) is 5.10 Å². The van der Waals surface area contributed by atoms with E-state index in [1.807, 2.05) is 24.3 Å². The van der Waals surface area contributed by atoms with Gasteiger partial charge in [-0.25, -0.2) is 0 Å². The van der Waals surface area contributed by atoms with Gasteiger partial charge in [-0.2, -0.15) is 5.10 Å². The van der Waals surface area contributed by atoms with Gasteiger partial charge in [0.1, 0.15) is 5.82 Å². The molecule has 0 aliphatic heterocycles. The molecule has 0 aliphatic rings. The summed E-state index contributed by atoms with van der Waals surface area (Å²) in [6.07, 6.45) is 0.637. The van der Waals surface area contributed by atoms with Gasteiger partial charge in [0, 0.05) is 12.5 Å². The summed E-state index contributed by atoms with van der Waals surface area (Å²) < 4.78 is 0. The van der Waals surface area contributed by atoms with E-state index in [2.05, 4.69) is 10.2 Å². The molecule has 4 heteroatoms. The number of benzene rings is 1. The Hall–Kier alpha value is -1.81. The maximum absolute atomic E-state index is 9.73. The number of hydrogen-bond acceptors (Lipinski definition) is 3. The largest absolute Gasteiger partial charge is 0.390 e. The zero-order chi connectivity index (χ0) is 12.5. The molecule has 4 nitrogen and oxygen atoms in total. The van der Waals surface area contributed by atoms with E-state index in [9.17, 15) is 5.11 Å². The number of aromatic nitrogens is 2. The van der Waals surface area contributed by atoms with Gasteiger partial charge in [-0.1, -0.05) is 24.3 Å². The Kier molecular flexibility index (Phi) is 2.90. The highest BCUT2D eigenvalue weighted by atomic mass is 16.3. The van der Waals surface area contributed by atoms with Crippen LogP contribution in [0.2, 0.25) is 0 Å². The summed E-state index contributed by atoms with van der Waals surface area (Å²) in [6, 6.07) is 9.79. The van der Waals surface area contributed by atoms with Crippen molar-refractivity contribution in [3.05, 3.63) is 35.9 Å². The second-order valence-electron chi connectivity index (χ2n) is 4.89. The highest BCUT2D eigenvalue weighted by molar-refractivity contribution is 5.62. The molecule has 0 saturated heterocycles. The molecular formula is C13H17N3O. The predicted octanol–water partition coefficient (Wildman–Crippen LogP) is 1.97. The molecule has 2 rings (SSSR count). The van der Waals surface area contributed by atoms with Gasteiger partial charge in [-0.15, -0.1) is 0 Å². The predicted molar refractivity (Wildman–Crippen MR) is 68.4 cm³/mol. The fourth-order valence-electron chi connectivity index (χ4n) is 1.79. The molecule has 1 heterocycles. The standard InChI is InChI=1S/C13H17N3O/c1-13(2,17)8-9-3-5-10(6-4-9)11-7-12(14)16-15-11/h3-7,17H,8H2,1-2H3,(H3,14,15,16). The third kappa shape index (κ3) is 3.07. The van der Waals surface area contributed by atoms with Crippen LogP contribution in [0.4, 0.5) is 5.82 Å². The molecule has 0 unspecified atom stereocenters. The van der Waals surface area contributed by atoms with Gasteiger partial charge in [0.15, 0.2) is 0 Å². The number of nitrogens with zero attached hydrogens (tertiary/aromatic N) is 1. The van der Waals surface area contributed by atoms with E-state index in [4.69, 9.17) is 5.73 Å². The first-order valence-corrected chi connectivity index (χ1v) is 5.57. The average molecular weight is 231 g/mol. The minimum Gasteiger partial charge on any atom is -0.390 e. The number of aliphatic hydroxyl groups is 1. The number of anilines is 1. The van der Waals surface area contributed by atoms with Crippen molar-refractivity contribution in [3.63, 3.8) is 0 Å². The molecule has 0 saturated carbocycles. The van der Waals surface area contributed by atoms with Crippen molar-refractivity contribution in [2.75, 3.05) is 5.73 Å². The highest BCUT2D eigenvalue weighted by Crippen LogP contribution is 2.20. The Balaban J connectivity index is 2.19. The summed E-state index contributed by atoms with van der Waals surface area (Å²) in [7, 11) is 0. The van der Waals surface area contributed by atoms with E-state index in [1.165, 1.54) is 0 Å². The molecule has 0 aliphatic carbocycles. The van der Waals surface area contributed by atoms with E-state index in [0.717, 1.165) is 16.8 Å². The first kappa shape index (κ1) is 11.7. The molecule has 2 aromatic rings. The van der Waals surface area contributed by atoms with Gasteiger partial charge in [0.05, 0.1) is 11.3 Å². The van der Waals surface area contributed by atoms with Crippen LogP contribution in [-0.4, -0.2) is 20.9 Å². The Morgan fingerprint density at radius 2 is 1.94 bits per heavy atom. The first-order chi connectivity index (χ1) is 7.94. The zero-order valence-corrected chi connectivity index (χ0v) is 10.1. The lowest BCUT2D eigenvalue weighted by Gasteiger charge is -2.16. The maximum atomic E-state index is 9.73. The molecule has 0 bridgehead atoms. The van der Waals surface area contributed by atoms with Crippen molar-refractivity contribution in [2.24, 2.45) is 0 Å². The lowest BCUT2D eigenvalue weighted by molar-refractivity contribution is 0.0810. The minimum absolute atomic E-state index is 0.487. The van der Waals surface area contributed by atoms with Crippen LogP contribution in [-0.2, 0) is 6.42 Å². The maximum Gasteiger partial charge on any atom is 0.145 e. The molecule has 90 valence electrons. The average Bonchev–Trinajstić information content (AvgIpc) is 2.63. The second kappa shape index (κ2) is 4.22. The molecule has 0 radical (unpaired) electrons. The summed E-state index contributed by atoms with van der Waals surface area (Å²) in [4.78, 5) is 0. The fourth-order valence-corrected chi connectivity index (χ4v) is 1.79. The lowest BCUT2D eigenvalue weighted by atomic mass is 9.97. The van der Waals surface area contributed by atoms with Crippen LogP contribution in [0.3, 0.4) is 0 Å². The minimum atomic E-state index is -0.681. The second-order valence-corrected chi connectivity index (χ2v) is 4.89. The molecule has 17 heavy (non-hydrogen) atoms. The van der Waals surface area contributed by atoms with Crippen molar-refractivity contribution in [1.29, 1.82) is 0 Å². The van der Waals surface area contributed by atoms with E-state index in [1.54, 1.807) is 19.9 Å². The van der Waals surface area contributed by atoms with Crippen molar-refractivity contribution < 1.29 is 5.11 Å². The van der Waals surface area contributed by atoms with E-state index in [0.29, 0.717) is 12.2 Å². The molecule has 4 N–H and O–H groups in total. The Labute approximate surface area is 100 Å². The number of aromatic amines is 1. The van der Waals surface area contributed by atoms with Crippen LogP contribution < -0.4 is 5.73 Å². The van der Waals surface area contributed by atoms with Crippen molar-refractivity contribution in [1.82, 2.24) is 10.2 Å². The number of rotatable bonds is 3. The van der Waals surface area contributed by atoms with Crippen LogP contribution in [0.1, 0.15) is 19.4 Å². The molecule has 1 aromatic heterocycles. The van der Waals surface area contributed by atoms with Crippen molar-refractivity contribution in [3.8, 4) is 11.3 Å². The van der Waals surface area contributed by atoms with Crippen LogP contribution >= 0.6 is 0 Å².